The molecule has 0 heterocycles. The van der Waals surface area contributed by atoms with Crippen molar-refractivity contribution in [3.63, 3.8) is 0 Å². The van der Waals surface area contributed by atoms with Gasteiger partial charge in [-0.3, -0.25) is 0 Å². The van der Waals surface area contributed by atoms with Crippen LogP contribution in [0.3, 0.4) is 0 Å². The van der Waals surface area contributed by atoms with E-state index in [0.717, 1.165) is 11.3 Å². The molecule has 0 aliphatic carbocycles. The van der Waals surface area contributed by atoms with E-state index in [9.17, 15) is 0 Å². The van der Waals surface area contributed by atoms with Crippen LogP contribution in [0.4, 0.5) is 0 Å². The van der Waals surface area contributed by atoms with Gasteiger partial charge < -0.3 is 14.2 Å². The number of para-hydroxylation sites is 1. The fourth-order valence-corrected chi connectivity index (χ4v) is 1.20. The van der Waals surface area contributed by atoms with Crippen molar-refractivity contribution in [2.45, 2.75) is 13.0 Å². The minimum Gasteiger partial charge on any atom is -0.467 e. The van der Waals surface area contributed by atoms with Crippen molar-refractivity contribution in [3.05, 3.63) is 29.8 Å². The predicted octanol–water partition coefficient (Wildman–Crippen LogP) is 2.38. The van der Waals surface area contributed by atoms with E-state index < -0.39 is 0 Å². The molecule has 0 aliphatic rings. The Morgan fingerprint density at radius 3 is 2.57 bits per heavy atom. The Bertz CT molecular complexity index is 273. The van der Waals surface area contributed by atoms with Gasteiger partial charge in [0.25, 0.3) is 0 Å². The Balaban J connectivity index is 2.79. The summed E-state index contributed by atoms with van der Waals surface area (Å²) in [6.45, 7) is 2.24. The van der Waals surface area contributed by atoms with E-state index in [-0.39, 0.29) is 12.9 Å². The van der Waals surface area contributed by atoms with Crippen LogP contribution in [-0.4, -0.2) is 21.0 Å². The molecule has 0 fully saturated rings. The van der Waals surface area contributed by atoms with Crippen LogP contribution in [0.1, 0.15) is 18.6 Å². The third kappa shape index (κ3) is 2.72. The highest BCUT2D eigenvalue weighted by Crippen LogP contribution is 2.26. The predicted molar refractivity (Wildman–Crippen MR) is 54.4 cm³/mol. The van der Waals surface area contributed by atoms with Crippen LogP contribution in [0.2, 0.25) is 0 Å². The summed E-state index contributed by atoms with van der Waals surface area (Å²) in [4.78, 5) is 0. The van der Waals surface area contributed by atoms with Crippen molar-refractivity contribution < 1.29 is 14.2 Å². The molecule has 1 aromatic carbocycles. The van der Waals surface area contributed by atoms with Gasteiger partial charge in [-0.25, -0.2) is 0 Å². The minimum absolute atomic E-state index is 0.0306. The molecule has 0 N–H and O–H groups in total. The third-order valence-electron chi connectivity index (χ3n) is 2.04. The maximum absolute atomic E-state index is 5.41. The van der Waals surface area contributed by atoms with E-state index in [1.165, 1.54) is 0 Å². The van der Waals surface area contributed by atoms with Gasteiger partial charge in [0.15, 0.2) is 6.79 Å². The number of hydrogen-bond acceptors (Lipinski definition) is 3. The average Bonchev–Trinajstić information content (AvgIpc) is 2.25. The number of benzene rings is 1. The van der Waals surface area contributed by atoms with Crippen LogP contribution < -0.4 is 4.74 Å². The maximum atomic E-state index is 5.41. The summed E-state index contributed by atoms with van der Waals surface area (Å²) in [7, 11) is 3.28. The van der Waals surface area contributed by atoms with Gasteiger partial charge in [-0.15, -0.1) is 0 Å². The van der Waals surface area contributed by atoms with Crippen LogP contribution in [0.15, 0.2) is 24.3 Å². The fourth-order valence-electron chi connectivity index (χ4n) is 1.20. The smallest absolute Gasteiger partial charge is 0.188 e. The van der Waals surface area contributed by atoms with E-state index in [4.69, 9.17) is 14.2 Å². The highest BCUT2D eigenvalue weighted by Gasteiger charge is 2.09. The quantitative estimate of drug-likeness (QED) is 0.677. The van der Waals surface area contributed by atoms with Gasteiger partial charge in [0.05, 0.1) is 6.10 Å². The molecule has 0 aliphatic heterocycles. The molecule has 0 spiro atoms. The van der Waals surface area contributed by atoms with Crippen molar-refractivity contribution in [1.82, 2.24) is 0 Å². The van der Waals surface area contributed by atoms with Gasteiger partial charge in [-0.05, 0) is 13.0 Å². The molecular weight excluding hydrogens is 180 g/mol. The lowest BCUT2D eigenvalue weighted by Gasteiger charge is -2.14. The SMILES string of the molecule is COCOc1ccccc1C(C)OC. The molecule has 3 nitrogen and oxygen atoms in total. The summed E-state index contributed by atoms with van der Waals surface area (Å²) in [5.41, 5.74) is 1.03. The lowest BCUT2D eigenvalue weighted by molar-refractivity contribution is 0.0464. The summed E-state index contributed by atoms with van der Waals surface area (Å²) < 4.78 is 15.5. The highest BCUT2D eigenvalue weighted by atomic mass is 16.7. The van der Waals surface area contributed by atoms with E-state index in [1.54, 1.807) is 14.2 Å². The molecule has 0 bridgehead atoms. The number of hydrogen-bond donors (Lipinski definition) is 0. The average molecular weight is 196 g/mol. The molecular formula is C11H16O3. The first-order chi connectivity index (χ1) is 6.79. The first-order valence-corrected chi connectivity index (χ1v) is 4.53. The van der Waals surface area contributed by atoms with E-state index in [1.807, 2.05) is 31.2 Å². The first-order valence-electron chi connectivity index (χ1n) is 4.53. The first kappa shape index (κ1) is 11.0. The second kappa shape index (κ2) is 5.62. The van der Waals surface area contributed by atoms with Crippen LogP contribution in [0.25, 0.3) is 0 Å². The highest BCUT2D eigenvalue weighted by molar-refractivity contribution is 5.34. The summed E-state index contributed by atoms with van der Waals surface area (Å²) in [6.07, 6.45) is 0.0306. The fraction of sp³-hybridized carbons (Fsp3) is 0.455. The van der Waals surface area contributed by atoms with Gasteiger partial charge in [0.2, 0.25) is 0 Å². The lowest BCUT2D eigenvalue weighted by atomic mass is 10.1. The Morgan fingerprint density at radius 1 is 1.21 bits per heavy atom. The second-order valence-electron chi connectivity index (χ2n) is 2.97. The molecule has 1 aromatic rings. The van der Waals surface area contributed by atoms with Crippen LogP contribution in [0, 0.1) is 0 Å². The van der Waals surface area contributed by atoms with Gasteiger partial charge in [-0.1, -0.05) is 18.2 Å². The normalized spacial score (nSPS) is 12.5. The van der Waals surface area contributed by atoms with Crippen molar-refractivity contribution in [3.8, 4) is 5.75 Å². The topological polar surface area (TPSA) is 27.7 Å². The largest absolute Gasteiger partial charge is 0.467 e. The molecule has 1 rings (SSSR count). The molecule has 0 saturated heterocycles. The zero-order valence-corrected chi connectivity index (χ0v) is 8.82. The van der Waals surface area contributed by atoms with E-state index in [2.05, 4.69) is 0 Å². The van der Waals surface area contributed by atoms with Crippen molar-refractivity contribution in [2.24, 2.45) is 0 Å². The molecule has 0 radical (unpaired) electrons. The molecule has 14 heavy (non-hydrogen) atoms. The Hall–Kier alpha value is -1.06. The van der Waals surface area contributed by atoms with Gasteiger partial charge >= 0.3 is 0 Å². The van der Waals surface area contributed by atoms with Crippen molar-refractivity contribution in [2.75, 3.05) is 21.0 Å². The van der Waals surface area contributed by atoms with E-state index in [0.29, 0.717) is 0 Å². The zero-order valence-electron chi connectivity index (χ0n) is 8.82. The molecule has 0 saturated carbocycles. The van der Waals surface area contributed by atoms with Crippen LogP contribution in [0.5, 0.6) is 5.75 Å². The molecule has 78 valence electrons. The number of ether oxygens (including phenoxy) is 3. The Labute approximate surface area is 84.6 Å². The third-order valence-corrected chi connectivity index (χ3v) is 2.04. The standard InChI is InChI=1S/C11H16O3/c1-9(13-3)10-6-4-5-7-11(10)14-8-12-2/h4-7,9H,8H2,1-3H3. The van der Waals surface area contributed by atoms with Crippen LogP contribution in [-0.2, 0) is 9.47 Å². The summed E-state index contributed by atoms with van der Waals surface area (Å²) in [5.74, 6) is 0.809. The lowest BCUT2D eigenvalue weighted by Crippen LogP contribution is -2.04. The maximum Gasteiger partial charge on any atom is 0.188 e. The summed E-state index contributed by atoms with van der Waals surface area (Å²) in [5, 5.41) is 0. The van der Waals surface area contributed by atoms with Crippen LogP contribution >= 0.6 is 0 Å². The van der Waals surface area contributed by atoms with Crippen molar-refractivity contribution in [1.29, 1.82) is 0 Å². The zero-order chi connectivity index (χ0) is 10.4. The molecule has 0 aromatic heterocycles. The monoisotopic (exact) mass is 196 g/mol. The number of rotatable bonds is 5. The Kier molecular flexibility index (Phi) is 4.43. The molecule has 1 unspecified atom stereocenters. The molecule has 1 atom stereocenters. The summed E-state index contributed by atoms with van der Waals surface area (Å²) >= 11 is 0. The van der Waals surface area contributed by atoms with Crippen molar-refractivity contribution >= 4 is 0 Å². The van der Waals surface area contributed by atoms with Gasteiger partial charge in [0, 0.05) is 19.8 Å². The Morgan fingerprint density at radius 2 is 1.93 bits per heavy atom. The summed E-state index contributed by atoms with van der Waals surface area (Å²) in [6, 6.07) is 7.78. The molecule has 3 heteroatoms. The number of methoxy groups -OCH3 is 2. The van der Waals surface area contributed by atoms with Gasteiger partial charge in [0.1, 0.15) is 5.75 Å². The van der Waals surface area contributed by atoms with Gasteiger partial charge in [-0.2, -0.15) is 0 Å². The minimum atomic E-state index is 0.0306. The second-order valence-corrected chi connectivity index (χ2v) is 2.97. The molecule has 0 amide bonds. The van der Waals surface area contributed by atoms with E-state index >= 15 is 0 Å².